The second kappa shape index (κ2) is 11.4. The molecule has 1 heterocycles. The van der Waals surface area contributed by atoms with Gasteiger partial charge in [-0.1, -0.05) is 52.2 Å². The first-order valence-electron chi connectivity index (χ1n) is 11.3. The van der Waals surface area contributed by atoms with Crippen LogP contribution >= 0.6 is 0 Å². The molecule has 31 heavy (non-hydrogen) atoms. The van der Waals surface area contributed by atoms with Crippen LogP contribution in [0.25, 0.3) is 11.4 Å². The third-order valence-corrected chi connectivity index (χ3v) is 5.57. The Hall–Kier alpha value is -3.01. The summed E-state index contributed by atoms with van der Waals surface area (Å²) in [6.45, 7) is 6.63. The Morgan fingerprint density at radius 2 is 1.58 bits per heavy atom. The number of ether oxygens (including phenoxy) is 1. The minimum atomic E-state index is -0.351. The highest BCUT2D eigenvalue weighted by Gasteiger charge is 2.10. The molecule has 1 aromatic heterocycles. The van der Waals surface area contributed by atoms with Gasteiger partial charge in [0.2, 0.25) is 0 Å². The van der Waals surface area contributed by atoms with Gasteiger partial charge in [-0.3, -0.25) is 0 Å². The summed E-state index contributed by atoms with van der Waals surface area (Å²) in [6, 6.07) is 15.0. The summed E-state index contributed by atoms with van der Waals surface area (Å²) in [5, 5.41) is 0. The Morgan fingerprint density at radius 1 is 0.903 bits per heavy atom. The van der Waals surface area contributed by atoms with E-state index < -0.39 is 0 Å². The monoisotopic (exact) mass is 416 g/mol. The smallest absolute Gasteiger partial charge is 0.343 e. The molecule has 162 valence electrons. The minimum Gasteiger partial charge on any atom is -0.423 e. The number of hydrogen-bond donors (Lipinski definition) is 0. The molecule has 0 aliphatic carbocycles. The van der Waals surface area contributed by atoms with Crippen LogP contribution in [-0.2, 0) is 12.8 Å². The topological polar surface area (TPSA) is 52.1 Å². The van der Waals surface area contributed by atoms with Crippen LogP contribution in [-0.4, -0.2) is 15.9 Å². The molecule has 0 spiro atoms. The minimum absolute atomic E-state index is 0.351. The van der Waals surface area contributed by atoms with Crippen molar-refractivity contribution >= 4 is 5.97 Å². The van der Waals surface area contributed by atoms with Crippen molar-refractivity contribution in [1.82, 2.24) is 9.97 Å². The molecule has 0 aliphatic rings. The summed E-state index contributed by atoms with van der Waals surface area (Å²) in [7, 11) is 0. The first kappa shape index (κ1) is 22.7. The maximum absolute atomic E-state index is 12.5. The lowest BCUT2D eigenvalue weighted by Crippen LogP contribution is -2.08. The van der Waals surface area contributed by atoms with Crippen molar-refractivity contribution in [3.8, 4) is 17.1 Å². The van der Waals surface area contributed by atoms with Crippen LogP contribution in [0.2, 0.25) is 0 Å². The Morgan fingerprint density at radius 3 is 2.19 bits per heavy atom. The van der Waals surface area contributed by atoms with E-state index in [1.807, 2.05) is 48.8 Å². The quantitative estimate of drug-likeness (QED) is 0.210. The highest BCUT2D eigenvalue weighted by atomic mass is 16.5. The molecular formula is C27H32N2O2. The van der Waals surface area contributed by atoms with Crippen molar-refractivity contribution in [3.63, 3.8) is 0 Å². The number of nitrogens with zero attached hydrogens (tertiary/aromatic N) is 2. The van der Waals surface area contributed by atoms with E-state index in [0.717, 1.165) is 30.4 Å². The molecule has 0 fully saturated rings. The predicted molar refractivity (Wildman–Crippen MR) is 125 cm³/mol. The molecule has 3 aromatic rings. The zero-order valence-corrected chi connectivity index (χ0v) is 18.8. The van der Waals surface area contributed by atoms with Crippen molar-refractivity contribution in [2.45, 2.75) is 59.3 Å². The summed E-state index contributed by atoms with van der Waals surface area (Å²) in [5.41, 5.74) is 3.86. The molecule has 0 aliphatic heterocycles. The lowest BCUT2D eigenvalue weighted by Gasteiger charge is -2.09. The Kier molecular flexibility index (Phi) is 8.34. The molecule has 1 unspecified atom stereocenters. The maximum atomic E-state index is 12.5. The normalized spacial score (nSPS) is 11.8. The zero-order valence-electron chi connectivity index (χ0n) is 18.8. The van der Waals surface area contributed by atoms with Crippen LogP contribution in [0.15, 0.2) is 60.9 Å². The molecule has 4 heteroatoms. The van der Waals surface area contributed by atoms with Gasteiger partial charge >= 0.3 is 5.97 Å². The summed E-state index contributed by atoms with van der Waals surface area (Å²) < 4.78 is 5.53. The van der Waals surface area contributed by atoms with E-state index in [0.29, 0.717) is 23.1 Å². The van der Waals surface area contributed by atoms with Gasteiger partial charge in [0, 0.05) is 18.0 Å². The standard InChI is InChI=1S/C27H32N2O2/c1-4-6-7-8-22-18-28-26(29-19-22)23-13-15-25(16-14-23)31-27(30)24-11-9-21(10-12-24)17-20(3)5-2/h9-16,18-20H,4-8,17H2,1-3H3. The Bertz CT molecular complexity index is 948. The highest BCUT2D eigenvalue weighted by molar-refractivity contribution is 5.91. The number of carbonyl (C=O) groups excluding carboxylic acids is 1. The molecule has 1 atom stereocenters. The van der Waals surface area contributed by atoms with Crippen LogP contribution in [0.5, 0.6) is 5.75 Å². The number of hydrogen-bond acceptors (Lipinski definition) is 4. The lowest BCUT2D eigenvalue weighted by molar-refractivity contribution is 0.0735. The van der Waals surface area contributed by atoms with Gasteiger partial charge in [-0.2, -0.15) is 0 Å². The fourth-order valence-corrected chi connectivity index (χ4v) is 3.37. The van der Waals surface area contributed by atoms with E-state index in [1.165, 1.54) is 24.8 Å². The average Bonchev–Trinajstić information content (AvgIpc) is 2.80. The maximum Gasteiger partial charge on any atom is 0.343 e. The van der Waals surface area contributed by atoms with E-state index in [4.69, 9.17) is 4.74 Å². The van der Waals surface area contributed by atoms with E-state index in [-0.39, 0.29) is 5.97 Å². The van der Waals surface area contributed by atoms with Gasteiger partial charge in [0.15, 0.2) is 5.82 Å². The number of unbranched alkanes of at least 4 members (excludes halogenated alkanes) is 2. The van der Waals surface area contributed by atoms with E-state index >= 15 is 0 Å². The second-order valence-corrected chi connectivity index (χ2v) is 8.20. The molecule has 0 radical (unpaired) electrons. The zero-order chi connectivity index (χ0) is 22.1. The van der Waals surface area contributed by atoms with E-state index in [2.05, 4.69) is 30.7 Å². The molecule has 0 N–H and O–H groups in total. The summed E-state index contributed by atoms with van der Waals surface area (Å²) in [6.07, 6.45) is 10.6. The van der Waals surface area contributed by atoms with Gasteiger partial charge in [-0.25, -0.2) is 14.8 Å². The third kappa shape index (κ3) is 6.74. The number of rotatable bonds is 10. The van der Waals surface area contributed by atoms with Gasteiger partial charge in [0.1, 0.15) is 5.75 Å². The van der Waals surface area contributed by atoms with Crippen molar-refractivity contribution < 1.29 is 9.53 Å². The van der Waals surface area contributed by atoms with Crippen LogP contribution in [0.3, 0.4) is 0 Å². The van der Waals surface area contributed by atoms with Crippen molar-refractivity contribution in [2.75, 3.05) is 0 Å². The number of aromatic nitrogens is 2. The third-order valence-electron chi connectivity index (χ3n) is 5.57. The first-order valence-corrected chi connectivity index (χ1v) is 11.3. The van der Waals surface area contributed by atoms with Crippen LogP contribution < -0.4 is 4.74 Å². The Balaban J connectivity index is 1.58. The van der Waals surface area contributed by atoms with Gasteiger partial charge in [0.25, 0.3) is 0 Å². The summed E-state index contributed by atoms with van der Waals surface area (Å²) in [4.78, 5) is 21.4. The van der Waals surface area contributed by atoms with Crippen LogP contribution in [0, 0.1) is 5.92 Å². The van der Waals surface area contributed by atoms with Gasteiger partial charge < -0.3 is 4.74 Å². The first-order chi connectivity index (χ1) is 15.1. The van der Waals surface area contributed by atoms with Gasteiger partial charge in [0.05, 0.1) is 5.56 Å². The molecule has 3 rings (SSSR count). The molecule has 0 bridgehead atoms. The summed E-state index contributed by atoms with van der Waals surface area (Å²) in [5.74, 6) is 1.47. The average molecular weight is 417 g/mol. The Labute approximate surface area is 185 Å². The highest BCUT2D eigenvalue weighted by Crippen LogP contribution is 2.21. The van der Waals surface area contributed by atoms with E-state index in [1.54, 1.807) is 12.1 Å². The van der Waals surface area contributed by atoms with Crippen molar-refractivity contribution in [3.05, 3.63) is 77.6 Å². The molecule has 2 aromatic carbocycles. The fourth-order valence-electron chi connectivity index (χ4n) is 3.37. The molecule has 0 amide bonds. The number of benzene rings is 2. The second-order valence-electron chi connectivity index (χ2n) is 8.20. The van der Waals surface area contributed by atoms with Gasteiger partial charge in [-0.15, -0.1) is 0 Å². The predicted octanol–water partition coefficient (Wildman–Crippen LogP) is 6.68. The van der Waals surface area contributed by atoms with Crippen molar-refractivity contribution in [2.24, 2.45) is 5.92 Å². The number of carbonyl (C=O) groups is 1. The molecule has 0 saturated carbocycles. The number of aryl methyl sites for hydroxylation is 1. The molecular weight excluding hydrogens is 384 g/mol. The fraction of sp³-hybridized carbons (Fsp3) is 0.370. The molecule has 0 saturated heterocycles. The van der Waals surface area contributed by atoms with Crippen LogP contribution in [0.4, 0.5) is 0 Å². The van der Waals surface area contributed by atoms with Crippen LogP contribution in [0.1, 0.15) is 67.9 Å². The largest absolute Gasteiger partial charge is 0.423 e. The lowest BCUT2D eigenvalue weighted by atomic mass is 9.98. The summed E-state index contributed by atoms with van der Waals surface area (Å²) >= 11 is 0. The SMILES string of the molecule is CCCCCc1cnc(-c2ccc(OC(=O)c3ccc(CC(C)CC)cc3)cc2)nc1. The van der Waals surface area contributed by atoms with Gasteiger partial charge in [-0.05, 0) is 72.7 Å². The molecule has 4 nitrogen and oxygen atoms in total. The number of esters is 1. The van der Waals surface area contributed by atoms with E-state index in [9.17, 15) is 4.79 Å². The van der Waals surface area contributed by atoms with Crippen molar-refractivity contribution in [1.29, 1.82) is 0 Å².